The van der Waals surface area contributed by atoms with Gasteiger partial charge < -0.3 is 0 Å². The number of fused-ring (bicyclic) bond motifs is 1. The van der Waals surface area contributed by atoms with E-state index >= 15 is 0 Å². The van der Waals surface area contributed by atoms with Gasteiger partial charge in [-0.1, -0.05) is 24.3 Å². The molecule has 9 nitrogen and oxygen atoms in total. The van der Waals surface area contributed by atoms with Crippen molar-refractivity contribution in [1.29, 1.82) is 0 Å². The second-order valence-corrected chi connectivity index (χ2v) is 10.4. The zero-order valence-corrected chi connectivity index (χ0v) is 20.3. The molecule has 0 aliphatic carbocycles. The molecule has 4 aromatic rings. The predicted molar refractivity (Wildman–Crippen MR) is 127 cm³/mol. The molecular formula is C22H17F3N4O5S2. The van der Waals surface area contributed by atoms with Gasteiger partial charge in [0.25, 0.3) is 11.5 Å². The van der Waals surface area contributed by atoms with Crippen molar-refractivity contribution in [2.75, 3.05) is 0 Å². The molecule has 4 rings (SSSR count). The molecule has 0 aliphatic heterocycles. The van der Waals surface area contributed by atoms with Crippen LogP contribution in [0.3, 0.4) is 0 Å². The number of nitrogens with zero attached hydrogens (tertiary/aromatic N) is 3. The van der Waals surface area contributed by atoms with E-state index in [4.69, 9.17) is 0 Å². The third kappa shape index (κ3) is 4.81. The van der Waals surface area contributed by atoms with E-state index in [-0.39, 0.29) is 16.8 Å². The van der Waals surface area contributed by atoms with Crippen molar-refractivity contribution in [3.63, 3.8) is 0 Å². The first kappa shape index (κ1) is 25.3. The molecule has 0 unspecified atom stereocenters. The first-order valence-corrected chi connectivity index (χ1v) is 12.6. The summed E-state index contributed by atoms with van der Waals surface area (Å²) in [6.07, 6.45) is -4.91. The van der Waals surface area contributed by atoms with Gasteiger partial charge in [-0.25, -0.2) is 22.5 Å². The van der Waals surface area contributed by atoms with E-state index in [0.29, 0.717) is 25.5 Å². The maximum atomic E-state index is 13.1. The maximum absolute atomic E-state index is 13.1. The highest BCUT2D eigenvalue weighted by Gasteiger charge is 2.35. The minimum atomic E-state index is -4.91. The van der Waals surface area contributed by atoms with Crippen molar-refractivity contribution in [2.24, 2.45) is 7.05 Å². The summed E-state index contributed by atoms with van der Waals surface area (Å²) in [7, 11) is -3.22. The monoisotopic (exact) mass is 538 g/mol. The Labute approximate surface area is 205 Å². The van der Waals surface area contributed by atoms with Gasteiger partial charge in [0, 0.05) is 18.5 Å². The molecule has 0 radical (unpaired) electrons. The number of carbonyl (C=O) groups is 1. The minimum absolute atomic E-state index is 0.112. The number of amides is 1. The molecule has 2 aromatic carbocycles. The first-order chi connectivity index (χ1) is 16.8. The zero-order chi connectivity index (χ0) is 26.4. The first-order valence-electron chi connectivity index (χ1n) is 10.2. The third-order valence-corrected chi connectivity index (χ3v) is 7.41. The minimum Gasteiger partial charge on any atom is -0.292 e. The highest BCUT2D eigenvalue weighted by molar-refractivity contribution is 7.89. The van der Waals surface area contributed by atoms with Crippen LogP contribution in [0.2, 0.25) is 0 Å². The second kappa shape index (κ2) is 9.02. The number of halogens is 3. The summed E-state index contributed by atoms with van der Waals surface area (Å²) in [6.45, 7) is 1.73. The molecule has 1 amide bonds. The van der Waals surface area contributed by atoms with Crippen LogP contribution in [0, 0.1) is 6.92 Å². The Balaban J connectivity index is 1.72. The highest BCUT2D eigenvalue weighted by Crippen LogP contribution is 2.28. The van der Waals surface area contributed by atoms with Crippen LogP contribution in [-0.4, -0.2) is 27.8 Å². The van der Waals surface area contributed by atoms with Crippen molar-refractivity contribution in [1.82, 2.24) is 18.2 Å². The van der Waals surface area contributed by atoms with Crippen LogP contribution in [0.4, 0.5) is 13.2 Å². The number of benzene rings is 2. The lowest BCUT2D eigenvalue weighted by atomic mass is 10.1. The van der Waals surface area contributed by atoms with Crippen LogP contribution in [0.1, 0.15) is 27.3 Å². The molecule has 2 aromatic heterocycles. The summed E-state index contributed by atoms with van der Waals surface area (Å²) >= 11 is 0.871. The number of carbonyl (C=O) groups excluding carboxylic acids is 1. The molecule has 2 heterocycles. The average molecular weight is 539 g/mol. The number of nitrogens with one attached hydrogen (secondary N) is 1. The van der Waals surface area contributed by atoms with E-state index in [1.165, 1.54) is 18.2 Å². The molecule has 0 aliphatic rings. The van der Waals surface area contributed by atoms with Crippen molar-refractivity contribution < 1.29 is 26.4 Å². The van der Waals surface area contributed by atoms with E-state index in [9.17, 15) is 36.0 Å². The summed E-state index contributed by atoms with van der Waals surface area (Å²) in [5.41, 5.74) is -3.04. The van der Waals surface area contributed by atoms with Gasteiger partial charge in [0.05, 0.1) is 16.1 Å². The van der Waals surface area contributed by atoms with E-state index < -0.39 is 44.8 Å². The smallest absolute Gasteiger partial charge is 0.292 e. The van der Waals surface area contributed by atoms with Gasteiger partial charge in [0.15, 0.2) is 5.69 Å². The standard InChI is InChI=1S/C22H17F3N4O5S2/c1-12-5-3-4-6-13(12)11-36(33,34)27-20(31)19-15-9-14(7-8-16(15)35-26-19)29-18(30)10-17(22(23,24)25)28(2)21(29)32/h3-10H,11H2,1-2H3,(H,27,31). The zero-order valence-electron chi connectivity index (χ0n) is 18.7. The summed E-state index contributed by atoms with van der Waals surface area (Å²) in [5.74, 6) is -1.48. The molecular weight excluding hydrogens is 521 g/mol. The van der Waals surface area contributed by atoms with Gasteiger partial charge in [-0.05, 0) is 47.8 Å². The molecule has 14 heteroatoms. The molecule has 0 bridgehead atoms. The summed E-state index contributed by atoms with van der Waals surface area (Å²) in [4.78, 5) is 37.8. The topological polar surface area (TPSA) is 120 Å². The number of sulfonamides is 1. The number of alkyl halides is 3. The van der Waals surface area contributed by atoms with Crippen molar-refractivity contribution >= 4 is 37.5 Å². The van der Waals surface area contributed by atoms with Crippen molar-refractivity contribution in [2.45, 2.75) is 18.9 Å². The van der Waals surface area contributed by atoms with Crippen LogP contribution in [0.5, 0.6) is 0 Å². The largest absolute Gasteiger partial charge is 0.431 e. The van der Waals surface area contributed by atoms with Crippen LogP contribution in [0.25, 0.3) is 15.8 Å². The maximum Gasteiger partial charge on any atom is 0.431 e. The fourth-order valence-electron chi connectivity index (χ4n) is 3.57. The third-order valence-electron chi connectivity index (χ3n) is 5.39. The van der Waals surface area contributed by atoms with Gasteiger partial charge in [0.2, 0.25) is 10.0 Å². The van der Waals surface area contributed by atoms with Gasteiger partial charge in [-0.3, -0.25) is 14.2 Å². The van der Waals surface area contributed by atoms with Crippen LogP contribution < -0.4 is 16.0 Å². The predicted octanol–water partition coefficient (Wildman–Crippen LogP) is 2.73. The van der Waals surface area contributed by atoms with E-state index in [1.54, 1.807) is 31.2 Å². The quantitative estimate of drug-likeness (QED) is 0.417. The Kier molecular flexibility index (Phi) is 6.34. The number of hydrogen-bond donors (Lipinski definition) is 1. The summed E-state index contributed by atoms with van der Waals surface area (Å²) in [6, 6.07) is 11.0. The summed E-state index contributed by atoms with van der Waals surface area (Å²) in [5, 5.41) is 0.120. The molecule has 0 fully saturated rings. The molecule has 0 atom stereocenters. The fraction of sp³-hybridized carbons (Fsp3) is 0.182. The molecule has 1 N–H and O–H groups in total. The normalized spacial score (nSPS) is 12.1. The Hall–Kier alpha value is -3.78. The molecule has 0 saturated carbocycles. The van der Waals surface area contributed by atoms with E-state index in [2.05, 4.69) is 4.37 Å². The van der Waals surface area contributed by atoms with E-state index in [0.717, 1.165) is 24.1 Å². The van der Waals surface area contributed by atoms with Crippen molar-refractivity contribution in [3.05, 3.63) is 91.9 Å². The SMILES string of the molecule is Cc1ccccc1CS(=O)(=O)NC(=O)c1nsc2ccc(-n3c(=O)cc(C(F)(F)F)n(C)c3=O)cc12. The molecule has 0 spiro atoms. The number of rotatable bonds is 5. The number of aryl methyl sites for hydroxylation is 1. The van der Waals surface area contributed by atoms with Crippen LogP contribution >= 0.6 is 11.5 Å². The number of hydrogen-bond acceptors (Lipinski definition) is 7. The Bertz CT molecular complexity index is 1740. The average Bonchev–Trinajstić information content (AvgIpc) is 3.20. The molecule has 0 saturated heterocycles. The summed E-state index contributed by atoms with van der Waals surface area (Å²) < 4.78 is 71.8. The van der Waals surface area contributed by atoms with Crippen LogP contribution in [-0.2, 0) is 29.0 Å². The lowest BCUT2D eigenvalue weighted by Crippen LogP contribution is -2.40. The van der Waals surface area contributed by atoms with E-state index in [1.807, 2.05) is 4.72 Å². The Morgan fingerprint density at radius 1 is 1.11 bits per heavy atom. The number of aromatic nitrogens is 3. The molecule has 188 valence electrons. The lowest BCUT2D eigenvalue weighted by molar-refractivity contribution is -0.144. The fourth-order valence-corrected chi connectivity index (χ4v) is 5.51. The van der Waals surface area contributed by atoms with Gasteiger partial charge in [-0.15, -0.1) is 0 Å². The Morgan fingerprint density at radius 3 is 2.47 bits per heavy atom. The van der Waals surface area contributed by atoms with Gasteiger partial charge >= 0.3 is 11.9 Å². The van der Waals surface area contributed by atoms with Gasteiger partial charge in [-0.2, -0.15) is 17.5 Å². The van der Waals surface area contributed by atoms with Crippen LogP contribution in [0.15, 0.2) is 58.1 Å². The molecule has 36 heavy (non-hydrogen) atoms. The van der Waals surface area contributed by atoms with Crippen molar-refractivity contribution in [3.8, 4) is 5.69 Å². The highest BCUT2D eigenvalue weighted by atomic mass is 32.2. The Morgan fingerprint density at radius 2 is 1.81 bits per heavy atom. The lowest BCUT2D eigenvalue weighted by Gasteiger charge is -2.14. The van der Waals surface area contributed by atoms with Gasteiger partial charge in [0.1, 0.15) is 5.69 Å². The second-order valence-electron chi connectivity index (χ2n) is 7.87.